The zero-order valence-corrected chi connectivity index (χ0v) is 14.7. The maximum Gasteiger partial charge on any atom is 0.255 e. The molecule has 4 rings (SSSR count). The zero-order chi connectivity index (χ0) is 17.2. The molecule has 2 aliphatic rings. The number of rotatable bonds is 5. The molecule has 2 aliphatic heterocycles. The number of nitrogens with one attached hydrogen (secondary N) is 1. The quantitative estimate of drug-likeness (QED) is 0.896. The van der Waals surface area contributed by atoms with Crippen LogP contribution in [0.3, 0.4) is 0 Å². The number of benzene rings is 1. The number of amides is 2. The number of ether oxygens (including phenoxy) is 1. The third-order valence-electron chi connectivity index (χ3n) is 4.71. The summed E-state index contributed by atoms with van der Waals surface area (Å²) in [7, 11) is 0. The third kappa shape index (κ3) is 3.32. The average molecular weight is 356 g/mol. The molecule has 1 saturated heterocycles. The molecule has 1 N–H and O–H groups in total. The molecule has 130 valence electrons. The summed E-state index contributed by atoms with van der Waals surface area (Å²) in [5.41, 5.74) is 1.94. The summed E-state index contributed by atoms with van der Waals surface area (Å²) in [6, 6.07) is 9.45. The second-order valence-corrected chi connectivity index (χ2v) is 7.45. The number of carbonyl (C=O) groups excluding carboxylic acids is 2. The number of fused-ring (bicyclic) bond motifs is 1. The normalized spacial score (nSPS) is 19.3. The van der Waals surface area contributed by atoms with Gasteiger partial charge in [0, 0.05) is 24.6 Å². The van der Waals surface area contributed by atoms with Crippen molar-refractivity contribution in [3.63, 3.8) is 0 Å². The molecular formula is C19H20N2O3S. The minimum atomic E-state index is -0.197. The first-order chi connectivity index (χ1) is 12.2. The van der Waals surface area contributed by atoms with Gasteiger partial charge in [0.05, 0.1) is 23.8 Å². The van der Waals surface area contributed by atoms with Crippen molar-refractivity contribution in [3.8, 4) is 0 Å². The Labute approximate surface area is 150 Å². The highest BCUT2D eigenvalue weighted by Crippen LogP contribution is 2.27. The standard InChI is InChI=1S/C19H20N2O3S/c22-18(20-10-15-6-3-9-25-15)16-7-1-4-13-11-21(19(23)17(13)16)12-14-5-2-8-24-14/h1,3-4,6-7,9,14H,2,5,8,10-12H2,(H,20,22). The van der Waals surface area contributed by atoms with Crippen molar-refractivity contribution >= 4 is 23.2 Å². The second-order valence-electron chi connectivity index (χ2n) is 6.42. The Kier molecular flexibility index (Phi) is 4.55. The summed E-state index contributed by atoms with van der Waals surface area (Å²) in [4.78, 5) is 28.3. The molecule has 1 aromatic heterocycles. The number of nitrogens with zero attached hydrogens (tertiary/aromatic N) is 1. The fourth-order valence-corrected chi connectivity index (χ4v) is 4.11. The highest BCUT2D eigenvalue weighted by molar-refractivity contribution is 7.09. The summed E-state index contributed by atoms with van der Waals surface area (Å²) in [6.45, 7) is 2.41. The summed E-state index contributed by atoms with van der Waals surface area (Å²) in [6.07, 6.45) is 2.17. The fourth-order valence-electron chi connectivity index (χ4n) is 3.47. The topological polar surface area (TPSA) is 58.6 Å². The molecule has 0 radical (unpaired) electrons. The van der Waals surface area contributed by atoms with E-state index in [1.165, 1.54) is 0 Å². The highest BCUT2D eigenvalue weighted by atomic mass is 32.1. The molecule has 2 aromatic rings. The first kappa shape index (κ1) is 16.3. The van der Waals surface area contributed by atoms with Crippen LogP contribution in [-0.2, 0) is 17.8 Å². The predicted octanol–water partition coefficient (Wildman–Crippen LogP) is 2.81. The summed E-state index contributed by atoms with van der Waals surface area (Å²) >= 11 is 1.60. The predicted molar refractivity (Wildman–Crippen MR) is 95.6 cm³/mol. The van der Waals surface area contributed by atoms with Crippen molar-refractivity contribution in [2.75, 3.05) is 13.2 Å². The largest absolute Gasteiger partial charge is 0.376 e. The Morgan fingerprint density at radius 2 is 2.24 bits per heavy atom. The van der Waals surface area contributed by atoms with Gasteiger partial charge in [-0.15, -0.1) is 11.3 Å². The van der Waals surface area contributed by atoms with E-state index in [9.17, 15) is 9.59 Å². The highest BCUT2D eigenvalue weighted by Gasteiger charge is 2.33. The number of hydrogen-bond donors (Lipinski definition) is 1. The van der Waals surface area contributed by atoms with Gasteiger partial charge in [-0.05, 0) is 35.9 Å². The molecule has 5 nitrogen and oxygen atoms in total. The van der Waals surface area contributed by atoms with Crippen molar-refractivity contribution in [1.29, 1.82) is 0 Å². The van der Waals surface area contributed by atoms with E-state index in [4.69, 9.17) is 4.74 Å². The SMILES string of the molecule is O=C(NCc1cccs1)c1cccc2c1C(=O)N(CC1CCCO1)C2. The van der Waals surface area contributed by atoms with Crippen LogP contribution in [0.15, 0.2) is 35.7 Å². The Balaban J connectivity index is 1.49. The molecule has 3 heterocycles. The lowest BCUT2D eigenvalue weighted by Gasteiger charge is -2.19. The number of hydrogen-bond acceptors (Lipinski definition) is 4. The molecule has 0 aliphatic carbocycles. The van der Waals surface area contributed by atoms with Gasteiger partial charge in [0.15, 0.2) is 0 Å². The van der Waals surface area contributed by atoms with E-state index in [0.717, 1.165) is 29.9 Å². The van der Waals surface area contributed by atoms with Crippen molar-refractivity contribution in [3.05, 3.63) is 57.3 Å². The zero-order valence-electron chi connectivity index (χ0n) is 13.9. The van der Waals surface area contributed by atoms with Crippen molar-refractivity contribution in [1.82, 2.24) is 10.2 Å². The van der Waals surface area contributed by atoms with Crippen molar-refractivity contribution < 1.29 is 14.3 Å². The molecular weight excluding hydrogens is 336 g/mol. The van der Waals surface area contributed by atoms with Gasteiger partial charge >= 0.3 is 0 Å². The van der Waals surface area contributed by atoms with Gasteiger partial charge in [0.2, 0.25) is 0 Å². The van der Waals surface area contributed by atoms with E-state index in [-0.39, 0.29) is 17.9 Å². The lowest BCUT2D eigenvalue weighted by molar-refractivity contribution is 0.0544. The van der Waals surface area contributed by atoms with E-state index in [1.807, 2.05) is 29.6 Å². The lowest BCUT2D eigenvalue weighted by Crippen LogP contribution is -2.33. The summed E-state index contributed by atoms with van der Waals surface area (Å²) < 4.78 is 5.65. The van der Waals surface area contributed by atoms with E-state index in [0.29, 0.717) is 30.8 Å². The van der Waals surface area contributed by atoms with Gasteiger partial charge < -0.3 is 15.0 Å². The molecule has 2 amide bonds. The van der Waals surface area contributed by atoms with Gasteiger partial charge in [0.25, 0.3) is 11.8 Å². The number of thiophene rings is 1. The van der Waals surface area contributed by atoms with Gasteiger partial charge in [-0.3, -0.25) is 9.59 Å². The fraction of sp³-hybridized carbons (Fsp3) is 0.368. The monoisotopic (exact) mass is 356 g/mol. The van der Waals surface area contributed by atoms with Crippen LogP contribution in [0.4, 0.5) is 0 Å². The smallest absolute Gasteiger partial charge is 0.255 e. The van der Waals surface area contributed by atoms with E-state index in [1.54, 1.807) is 22.3 Å². The van der Waals surface area contributed by atoms with Crippen LogP contribution in [0.25, 0.3) is 0 Å². The molecule has 0 bridgehead atoms. The van der Waals surface area contributed by atoms with Crippen LogP contribution in [0, 0.1) is 0 Å². The second kappa shape index (κ2) is 6.98. The molecule has 1 fully saturated rings. The number of carbonyl (C=O) groups is 2. The molecule has 1 atom stereocenters. The van der Waals surface area contributed by atoms with Crippen LogP contribution in [0.5, 0.6) is 0 Å². The van der Waals surface area contributed by atoms with Crippen molar-refractivity contribution in [2.24, 2.45) is 0 Å². The lowest BCUT2D eigenvalue weighted by atomic mass is 10.0. The summed E-state index contributed by atoms with van der Waals surface area (Å²) in [5.74, 6) is -0.259. The molecule has 0 saturated carbocycles. The Morgan fingerprint density at radius 1 is 1.32 bits per heavy atom. The van der Waals surface area contributed by atoms with Gasteiger partial charge in [-0.1, -0.05) is 18.2 Å². The van der Waals surface area contributed by atoms with Gasteiger partial charge in [-0.2, -0.15) is 0 Å². The minimum absolute atomic E-state index is 0.0626. The van der Waals surface area contributed by atoms with Crippen LogP contribution in [0.1, 0.15) is 44.0 Å². The Bertz CT molecular complexity index is 782. The summed E-state index contributed by atoms with van der Waals surface area (Å²) in [5, 5.41) is 4.90. The van der Waals surface area contributed by atoms with Crippen molar-refractivity contribution in [2.45, 2.75) is 32.0 Å². The minimum Gasteiger partial charge on any atom is -0.376 e. The van der Waals surface area contributed by atoms with Crippen LogP contribution in [-0.4, -0.2) is 36.0 Å². The Morgan fingerprint density at radius 3 is 3.00 bits per heavy atom. The molecule has 6 heteroatoms. The van der Waals surface area contributed by atoms with E-state index >= 15 is 0 Å². The Hall–Kier alpha value is -2.18. The van der Waals surface area contributed by atoms with Crippen LogP contribution >= 0.6 is 11.3 Å². The first-order valence-corrected chi connectivity index (χ1v) is 9.43. The van der Waals surface area contributed by atoms with Gasteiger partial charge in [-0.25, -0.2) is 0 Å². The van der Waals surface area contributed by atoms with E-state index < -0.39 is 0 Å². The molecule has 1 unspecified atom stereocenters. The molecule has 0 spiro atoms. The molecule has 1 aromatic carbocycles. The first-order valence-electron chi connectivity index (χ1n) is 8.56. The van der Waals surface area contributed by atoms with E-state index in [2.05, 4.69) is 5.32 Å². The van der Waals surface area contributed by atoms with Gasteiger partial charge in [0.1, 0.15) is 0 Å². The molecule has 25 heavy (non-hydrogen) atoms. The average Bonchev–Trinajstić information content (AvgIpc) is 3.36. The van der Waals surface area contributed by atoms with Crippen LogP contribution < -0.4 is 5.32 Å². The van der Waals surface area contributed by atoms with Crippen LogP contribution in [0.2, 0.25) is 0 Å². The maximum atomic E-state index is 12.8. The maximum absolute atomic E-state index is 12.8. The third-order valence-corrected chi connectivity index (χ3v) is 5.59.